The third-order valence-electron chi connectivity index (χ3n) is 2.35. The van der Waals surface area contributed by atoms with Crippen molar-refractivity contribution in [3.8, 4) is 0 Å². The van der Waals surface area contributed by atoms with E-state index in [1.165, 1.54) is 0 Å². The number of carbonyl (C=O) groups excluding carboxylic acids is 1. The molecule has 1 aromatic heterocycles. The largest absolute Gasteiger partial charge is 0.480 e. The molecule has 0 bridgehead atoms. The number of rotatable bonds is 5. The van der Waals surface area contributed by atoms with Crippen molar-refractivity contribution in [2.45, 2.75) is 25.9 Å². The normalized spacial score (nSPS) is 12.5. The van der Waals surface area contributed by atoms with E-state index in [4.69, 9.17) is 10.2 Å². The molecule has 0 aliphatic heterocycles. The molecule has 0 aliphatic rings. The van der Waals surface area contributed by atoms with Gasteiger partial charge >= 0.3 is 5.97 Å². The predicted molar refractivity (Wildman–Crippen MR) is 60.8 cm³/mol. The van der Waals surface area contributed by atoms with Crippen LogP contribution in [-0.2, 0) is 4.79 Å². The maximum absolute atomic E-state index is 11.8. The number of aliphatic hydroxyl groups is 1. The van der Waals surface area contributed by atoms with Crippen LogP contribution in [0.25, 0.3) is 0 Å². The maximum Gasteiger partial charge on any atom is 0.328 e. The zero-order valence-electron chi connectivity index (χ0n) is 9.75. The second-order valence-electron chi connectivity index (χ2n) is 3.94. The van der Waals surface area contributed by atoms with E-state index in [0.29, 0.717) is 5.69 Å². The van der Waals surface area contributed by atoms with Crippen molar-refractivity contribution < 1.29 is 19.8 Å². The lowest BCUT2D eigenvalue weighted by molar-refractivity contribution is -0.140. The summed E-state index contributed by atoms with van der Waals surface area (Å²) in [5.74, 6) is -1.77. The Morgan fingerprint density at radius 1 is 1.47 bits per heavy atom. The Bertz CT molecular complexity index is 411. The van der Waals surface area contributed by atoms with Gasteiger partial charge < -0.3 is 20.1 Å². The lowest BCUT2D eigenvalue weighted by atomic mass is 10.3. The molecule has 0 aromatic carbocycles. The van der Waals surface area contributed by atoms with Crippen molar-refractivity contribution >= 4 is 11.9 Å². The van der Waals surface area contributed by atoms with Crippen LogP contribution < -0.4 is 5.32 Å². The molecule has 3 N–H and O–H groups in total. The average Bonchev–Trinajstić information content (AvgIpc) is 2.73. The molecule has 0 aliphatic carbocycles. The Labute approximate surface area is 98.9 Å². The SMILES string of the molecule is CC(C)n1cccc1C(=O)NC(CO)C(=O)O. The summed E-state index contributed by atoms with van der Waals surface area (Å²) in [6.45, 7) is 3.19. The number of carbonyl (C=O) groups is 2. The zero-order valence-corrected chi connectivity index (χ0v) is 9.75. The Morgan fingerprint density at radius 3 is 2.59 bits per heavy atom. The Balaban J connectivity index is 2.82. The molecule has 1 amide bonds. The molecular formula is C11H16N2O4. The van der Waals surface area contributed by atoms with Crippen molar-refractivity contribution in [2.24, 2.45) is 0 Å². The van der Waals surface area contributed by atoms with Gasteiger partial charge in [0, 0.05) is 12.2 Å². The van der Waals surface area contributed by atoms with E-state index in [1.807, 2.05) is 13.8 Å². The van der Waals surface area contributed by atoms with Crippen LogP contribution in [0, 0.1) is 0 Å². The molecule has 6 nitrogen and oxygen atoms in total. The molecule has 1 aromatic rings. The summed E-state index contributed by atoms with van der Waals surface area (Å²) in [4.78, 5) is 22.5. The van der Waals surface area contributed by atoms with Gasteiger partial charge in [-0.1, -0.05) is 0 Å². The Kier molecular flexibility index (Phi) is 4.28. The maximum atomic E-state index is 11.8. The molecule has 17 heavy (non-hydrogen) atoms. The van der Waals surface area contributed by atoms with Crippen LogP contribution in [0.3, 0.4) is 0 Å². The Morgan fingerprint density at radius 2 is 2.12 bits per heavy atom. The monoisotopic (exact) mass is 240 g/mol. The summed E-state index contributed by atoms with van der Waals surface area (Å²) >= 11 is 0. The number of nitrogens with one attached hydrogen (secondary N) is 1. The number of nitrogens with zero attached hydrogens (tertiary/aromatic N) is 1. The fourth-order valence-electron chi connectivity index (χ4n) is 1.45. The first kappa shape index (κ1) is 13.2. The second-order valence-corrected chi connectivity index (χ2v) is 3.94. The van der Waals surface area contributed by atoms with Gasteiger partial charge in [-0.05, 0) is 26.0 Å². The number of aromatic nitrogens is 1. The van der Waals surface area contributed by atoms with Crippen molar-refractivity contribution in [3.05, 3.63) is 24.0 Å². The summed E-state index contributed by atoms with van der Waals surface area (Å²) in [6, 6.07) is 2.14. The van der Waals surface area contributed by atoms with Crippen molar-refractivity contribution in [1.82, 2.24) is 9.88 Å². The van der Waals surface area contributed by atoms with E-state index in [-0.39, 0.29) is 6.04 Å². The molecule has 0 saturated heterocycles. The van der Waals surface area contributed by atoms with Gasteiger partial charge in [-0.15, -0.1) is 0 Å². The average molecular weight is 240 g/mol. The quantitative estimate of drug-likeness (QED) is 0.687. The smallest absolute Gasteiger partial charge is 0.328 e. The molecule has 1 atom stereocenters. The van der Waals surface area contributed by atoms with Crippen LogP contribution in [-0.4, -0.2) is 39.3 Å². The van der Waals surface area contributed by atoms with Gasteiger partial charge in [0.25, 0.3) is 5.91 Å². The standard InChI is InChI=1S/C11H16N2O4/c1-7(2)13-5-3-4-9(13)10(15)12-8(6-14)11(16)17/h3-5,7-8,14H,6H2,1-2H3,(H,12,15)(H,16,17). The molecule has 1 heterocycles. The van der Waals surface area contributed by atoms with Gasteiger partial charge in [0.1, 0.15) is 5.69 Å². The van der Waals surface area contributed by atoms with E-state index in [0.717, 1.165) is 0 Å². The number of carboxylic acids is 1. The molecule has 0 radical (unpaired) electrons. The molecule has 0 saturated carbocycles. The van der Waals surface area contributed by atoms with Crippen LogP contribution in [0.4, 0.5) is 0 Å². The van der Waals surface area contributed by atoms with Gasteiger partial charge in [-0.3, -0.25) is 4.79 Å². The number of carboxylic acid groups (broad SMARTS) is 1. The van der Waals surface area contributed by atoms with E-state index in [1.54, 1.807) is 22.9 Å². The molecular weight excluding hydrogens is 224 g/mol. The van der Waals surface area contributed by atoms with Gasteiger partial charge in [-0.2, -0.15) is 0 Å². The molecule has 6 heteroatoms. The summed E-state index contributed by atoms with van der Waals surface area (Å²) in [5.41, 5.74) is 0.375. The minimum absolute atomic E-state index is 0.100. The highest BCUT2D eigenvalue weighted by Gasteiger charge is 2.21. The molecule has 0 fully saturated rings. The van der Waals surface area contributed by atoms with E-state index in [2.05, 4.69) is 5.32 Å². The molecule has 1 unspecified atom stereocenters. The number of hydrogen-bond donors (Lipinski definition) is 3. The van der Waals surface area contributed by atoms with E-state index in [9.17, 15) is 9.59 Å². The van der Waals surface area contributed by atoms with Crippen LogP contribution >= 0.6 is 0 Å². The van der Waals surface area contributed by atoms with E-state index < -0.39 is 24.5 Å². The zero-order chi connectivity index (χ0) is 13.0. The van der Waals surface area contributed by atoms with Gasteiger partial charge in [0.15, 0.2) is 6.04 Å². The van der Waals surface area contributed by atoms with Gasteiger partial charge in [-0.25, -0.2) is 4.79 Å². The number of hydrogen-bond acceptors (Lipinski definition) is 3. The first-order valence-corrected chi connectivity index (χ1v) is 5.28. The fraction of sp³-hybridized carbons (Fsp3) is 0.455. The summed E-state index contributed by atoms with van der Waals surface area (Å²) in [7, 11) is 0. The molecule has 94 valence electrons. The van der Waals surface area contributed by atoms with Gasteiger partial charge in [0.05, 0.1) is 6.61 Å². The fourth-order valence-corrected chi connectivity index (χ4v) is 1.45. The summed E-state index contributed by atoms with van der Waals surface area (Å²) in [5, 5.41) is 19.8. The number of aliphatic hydroxyl groups excluding tert-OH is 1. The number of amides is 1. The molecule has 1 rings (SSSR count). The highest BCUT2D eigenvalue weighted by molar-refractivity contribution is 5.95. The predicted octanol–water partition coefficient (Wildman–Crippen LogP) is 0.244. The van der Waals surface area contributed by atoms with Crippen molar-refractivity contribution in [3.63, 3.8) is 0 Å². The van der Waals surface area contributed by atoms with Crippen LogP contribution in [0.2, 0.25) is 0 Å². The third kappa shape index (κ3) is 3.07. The summed E-state index contributed by atoms with van der Waals surface area (Å²) in [6.07, 6.45) is 1.74. The van der Waals surface area contributed by atoms with Crippen LogP contribution in [0.15, 0.2) is 18.3 Å². The second kappa shape index (κ2) is 5.49. The minimum Gasteiger partial charge on any atom is -0.480 e. The van der Waals surface area contributed by atoms with Crippen molar-refractivity contribution in [2.75, 3.05) is 6.61 Å². The topological polar surface area (TPSA) is 91.6 Å². The minimum atomic E-state index is -1.28. The first-order chi connectivity index (χ1) is 7.97. The highest BCUT2D eigenvalue weighted by atomic mass is 16.4. The lowest BCUT2D eigenvalue weighted by Crippen LogP contribution is -2.43. The third-order valence-corrected chi connectivity index (χ3v) is 2.35. The van der Waals surface area contributed by atoms with Crippen LogP contribution in [0.1, 0.15) is 30.4 Å². The highest BCUT2D eigenvalue weighted by Crippen LogP contribution is 2.10. The van der Waals surface area contributed by atoms with E-state index >= 15 is 0 Å². The van der Waals surface area contributed by atoms with Gasteiger partial charge in [0.2, 0.25) is 0 Å². The molecule has 0 spiro atoms. The number of aliphatic carboxylic acids is 1. The lowest BCUT2D eigenvalue weighted by Gasteiger charge is -2.15. The first-order valence-electron chi connectivity index (χ1n) is 5.28. The summed E-state index contributed by atoms with van der Waals surface area (Å²) < 4.78 is 1.73. The Hall–Kier alpha value is -1.82. The van der Waals surface area contributed by atoms with Crippen LogP contribution in [0.5, 0.6) is 0 Å². The van der Waals surface area contributed by atoms with Crippen molar-refractivity contribution in [1.29, 1.82) is 0 Å².